The third kappa shape index (κ3) is 1.71. The lowest BCUT2D eigenvalue weighted by molar-refractivity contribution is 0.0996. The van der Waals surface area contributed by atoms with Gasteiger partial charge in [-0.15, -0.1) is 11.3 Å². The number of rotatable bonds is 2. The van der Waals surface area contributed by atoms with Crippen LogP contribution >= 0.6 is 11.3 Å². The summed E-state index contributed by atoms with van der Waals surface area (Å²) in [6.45, 7) is 1.04. The highest BCUT2D eigenvalue weighted by atomic mass is 32.1. The maximum atomic E-state index is 10.8. The normalized spacial score (nSPS) is 22.0. The van der Waals surface area contributed by atoms with Crippen molar-refractivity contribution in [3.63, 3.8) is 0 Å². The molecule has 0 spiro atoms. The van der Waals surface area contributed by atoms with E-state index in [2.05, 4.69) is 10.3 Å². The zero-order valence-electron chi connectivity index (χ0n) is 7.12. The zero-order valence-corrected chi connectivity index (χ0v) is 7.93. The molecule has 0 radical (unpaired) electrons. The van der Waals surface area contributed by atoms with Crippen molar-refractivity contribution in [2.24, 2.45) is 5.73 Å². The van der Waals surface area contributed by atoms with E-state index in [-0.39, 0.29) is 0 Å². The van der Waals surface area contributed by atoms with Gasteiger partial charge in [-0.3, -0.25) is 4.79 Å². The Balaban J connectivity index is 2.16. The minimum Gasteiger partial charge on any atom is -0.364 e. The molecule has 1 saturated heterocycles. The highest BCUT2D eigenvalue weighted by Gasteiger charge is 2.20. The molecule has 3 N–H and O–H groups in total. The van der Waals surface area contributed by atoms with Crippen molar-refractivity contribution in [2.45, 2.75) is 18.9 Å². The van der Waals surface area contributed by atoms with Gasteiger partial charge >= 0.3 is 0 Å². The predicted octanol–water partition coefficient (Wildman–Crippen LogP) is 0.666. The van der Waals surface area contributed by atoms with Gasteiger partial charge in [-0.05, 0) is 19.4 Å². The van der Waals surface area contributed by atoms with Gasteiger partial charge in [-0.25, -0.2) is 4.98 Å². The smallest absolute Gasteiger partial charge is 0.268 e. The molecule has 4 nitrogen and oxygen atoms in total. The molecule has 2 heterocycles. The number of carbonyl (C=O) groups excluding carboxylic acids is 1. The van der Waals surface area contributed by atoms with Gasteiger partial charge in [0.25, 0.3) is 5.91 Å². The van der Waals surface area contributed by atoms with Crippen molar-refractivity contribution in [1.29, 1.82) is 0 Å². The van der Waals surface area contributed by atoms with Crippen molar-refractivity contribution in [2.75, 3.05) is 6.54 Å². The molecule has 1 aromatic rings. The third-order valence-corrected chi connectivity index (χ3v) is 3.09. The number of hydrogen-bond acceptors (Lipinski definition) is 4. The molecule has 1 amide bonds. The number of nitrogens with two attached hydrogens (primary N) is 1. The van der Waals surface area contributed by atoms with Gasteiger partial charge < -0.3 is 11.1 Å². The maximum Gasteiger partial charge on any atom is 0.268 e. The van der Waals surface area contributed by atoms with E-state index in [9.17, 15) is 4.79 Å². The largest absolute Gasteiger partial charge is 0.364 e. The van der Waals surface area contributed by atoms with Crippen LogP contribution in [-0.4, -0.2) is 17.4 Å². The van der Waals surface area contributed by atoms with Crippen LogP contribution in [0.15, 0.2) is 5.38 Å². The topological polar surface area (TPSA) is 68.0 Å². The molecule has 0 aliphatic carbocycles. The van der Waals surface area contributed by atoms with Gasteiger partial charge in [-0.2, -0.15) is 0 Å². The molecule has 1 atom stereocenters. The van der Waals surface area contributed by atoms with E-state index in [1.54, 1.807) is 5.38 Å². The van der Waals surface area contributed by atoms with Crippen molar-refractivity contribution >= 4 is 17.2 Å². The number of hydrogen-bond donors (Lipinski definition) is 2. The molecule has 1 aromatic heterocycles. The first kappa shape index (κ1) is 8.65. The molecule has 13 heavy (non-hydrogen) atoms. The van der Waals surface area contributed by atoms with Gasteiger partial charge in [0.1, 0.15) is 10.7 Å². The molecular weight excluding hydrogens is 186 g/mol. The number of carbonyl (C=O) groups is 1. The van der Waals surface area contributed by atoms with Crippen LogP contribution in [0.4, 0.5) is 0 Å². The van der Waals surface area contributed by atoms with E-state index in [0.29, 0.717) is 11.7 Å². The summed E-state index contributed by atoms with van der Waals surface area (Å²) >= 11 is 1.50. The maximum absolute atomic E-state index is 10.8. The molecule has 70 valence electrons. The lowest BCUT2D eigenvalue weighted by atomic mass is 10.2. The Labute approximate surface area is 80.2 Å². The Hall–Kier alpha value is -0.940. The van der Waals surface area contributed by atoms with Crippen molar-refractivity contribution in [3.05, 3.63) is 16.1 Å². The highest BCUT2D eigenvalue weighted by molar-refractivity contribution is 7.09. The Bertz CT molecular complexity index is 317. The van der Waals surface area contributed by atoms with E-state index in [0.717, 1.165) is 18.0 Å². The summed E-state index contributed by atoms with van der Waals surface area (Å²) in [7, 11) is 0. The molecule has 0 aromatic carbocycles. The molecule has 1 unspecified atom stereocenters. The number of amides is 1. The second-order valence-electron chi connectivity index (χ2n) is 3.08. The van der Waals surface area contributed by atoms with Crippen LogP contribution in [0.5, 0.6) is 0 Å². The first-order chi connectivity index (χ1) is 6.27. The van der Waals surface area contributed by atoms with Crippen molar-refractivity contribution in [3.8, 4) is 0 Å². The lowest BCUT2D eigenvalue weighted by Gasteiger charge is -2.03. The molecule has 5 heteroatoms. The second kappa shape index (κ2) is 3.43. The monoisotopic (exact) mass is 197 g/mol. The SMILES string of the molecule is NC(=O)c1csc(C2CCCN2)n1. The van der Waals surface area contributed by atoms with Crippen LogP contribution < -0.4 is 11.1 Å². The fourth-order valence-corrected chi connectivity index (χ4v) is 2.37. The first-order valence-electron chi connectivity index (χ1n) is 4.26. The van der Waals surface area contributed by atoms with E-state index in [1.807, 2.05) is 0 Å². The zero-order chi connectivity index (χ0) is 9.26. The predicted molar refractivity (Wildman–Crippen MR) is 50.6 cm³/mol. The van der Waals surface area contributed by atoms with Gasteiger partial charge in [0.05, 0.1) is 6.04 Å². The average molecular weight is 197 g/mol. The molecule has 0 saturated carbocycles. The molecule has 2 rings (SSSR count). The van der Waals surface area contributed by atoms with Gasteiger partial charge in [0, 0.05) is 5.38 Å². The summed E-state index contributed by atoms with van der Waals surface area (Å²) in [6.07, 6.45) is 2.28. The van der Waals surface area contributed by atoms with Crippen LogP contribution in [0.3, 0.4) is 0 Å². The molecule has 1 fully saturated rings. The van der Waals surface area contributed by atoms with E-state index in [1.165, 1.54) is 17.8 Å². The van der Waals surface area contributed by atoms with Crippen LogP contribution in [0.25, 0.3) is 0 Å². The molecule has 0 bridgehead atoms. The summed E-state index contributed by atoms with van der Waals surface area (Å²) in [5, 5.41) is 6.02. The van der Waals surface area contributed by atoms with Gasteiger partial charge in [-0.1, -0.05) is 0 Å². The number of nitrogens with one attached hydrogen (secondary N) is 1. The summed E-state index contributed by atoms with van der Waals surface area (Å²) in [4.78, 5) is 14.9. The van der Waals surface area contributed by atoms with Gasteiger partial charge in [0.15, 0.2) is 0 Å². The average Bonchev–Trinajstić information content (AvgIpc) is 2.75. The number of thiazole rings is 1. The fraction of sp³-hybridized carbons (Fsp3) is 0.500. The fourth-order valence-electron chi connectivity index (χ4n) is 1.46. The standard InChI is InChI=1S/C8H11N3OS/c9-7(12)6-4-13-8(11-6)5-2-1-3-10-5/h4-5,10H,1-3H2,(H2,9,12). The lowest BCUT2D eigenvalue weighted by Crippen LogP contribution is -2.14. The van der Waals surface area contributed by atoms with E-state index < -0.39 is 5.91 Å². The third-order valence-electron chi connectivity index (χ3n) is 2.13. The Morgan fingerprint density at radius 1 is 1.77 bits per heavy atom. The highest BCUT2D eigenvalue weighted by Crippen LogP contribution is 2.25. The summed E-state index contributed by atoms with van der Waals surface area (Å²) < 4.78 is 0. The van der Waals surface area contributed by atoms with E-state index in [4.69, 9.17) is 5.73 Å². The van der Waals surface area contributed by atoms with Crippen LogP contribution in [-0.2, 0) is 0 Å². The first-order valence-corrected chi connectivity index (χ1v) is 5.14. The molecule has 1 aliphatic rings. The number of primary amides is 1. The Morgan fingerprint density at radius 2 is 2.62 bits per heavy atom. The Morgan fingerprint density at radius 3 is 3.15 bits per heavy atom. The summed E-state index contributed by atoms with van der Waals surface area (Å²) in [5.74, 6) is -0.444. The minimum absolute atomic E-state index is 0.332. The van der Waals surface area contributed by atoms with Crippen LogP contribution in [0, 0.1) is 0 Å². The van der Waals surface area contributed by atoms with E-state index >= 15 is 0 Å². The summed E-state index contributed by atoms with van der Waals surface area (Å²) in [5.41, 5.74) is 5.49. The van der Waals surface area contributed by atoms with Crippen molar-refractivity contribution in [1.82, 2.24) is 10.3 Å². The molecule has 1 aliphatic heterocycles. The van der Waals surface area contributed by atoms with Gasteiger partial charge in [0.2, 0.25) is 0 Å². The number of nitrogens with zero attached hydrogens (tertiary/aromatic N) is 1. The quantitative estimate of drug-likeness (QED) is 0.732. The minimum atomic E-state index is -0.444. The summed E-state index contributed by atoms with van der Waals surface area (Å²) in [6, 6.07) is 0.332. The van der Waals surface area contributed by atoms with Crippen LogP contribution in [0.2, 0.25) is 0 Å². The Kier molecular flexibility index (Phi) is 2.28. The number of aromatic nitrogens is 1. The molecular formula is C8H11N3OS. The van der Waals surface area contributed by atoms with Crippen LogP contribution in [0.1, 0.15) is 34.4 Å². The van der Waals surface area contributed by atoms with Crippen molar-refractivity contribution < 1.29 is 4.79 Å². The second-order valence-corrected chi connectivity index (χ2v) is 3.97.